The number of para-hydroxylation sites is 1. The molecular weight excluding hydrogens is 391 g/mol. The normalized spacial score (nSPS) is 19.0. The molecule has 4 aromatic rings. The van der Waals surface area contributed by atoms with Crippen molar-refractivity contribution in [1.29, 1.82) is 0 Å². The third-order valence-electron chi connectivity index (χ3n) is 5.89. The summed E-state index contributed by atoms with van der Waals surface area (Å²) in [7, 11) is 0. The van der Waals surface area contributed by atoms with Crippen LogP contribution in [0.2, 0.25) is 0 Å². The fourth-order valence-corrected chi connectivity index (χ4v) is 4.40. The first-order valence-electron chi connectivity index (χ1n) is 10.2. The van der Waals surface area contributed by atoms with Gasteiger partial charge in [0.15, 0.2) is 0 Å². The van der Waals surface area contributed by atoms with Crippen LogP contribution in [0.15, 0.2) is 84.7 Å². The lowest BCUT2D eigenvalue weighted by molar-refractivity contribution is 0.223. The number of hydrogen-bond acceptors (Lipinski definition) is 4. The van der Waals surface area contributed by atoms with Gasteiger partial charge in [-0.15, -0.1) is 0 Å². The van der Waals surface area contributed by atoms with Crippen LogP contribution in [-0.2, 0) is 0 Å². The highest BCUT2D eigenvalue weighted by Crippen LogP contribution is 2.50. The summed E-state index contributed by atoms with van der Waals surface area (Å²) in [5, 5.41) is 7.99. The molecule has 3 heterocycles. The number of aromatic nitrogens is 3. The number of hydrogen-bond donors (Lipinski definition) is 1. The van der Waals surface area contributed by atoms with E-state index in [9.17, 15) is 4.39 Å². The van der Waals surface area contributed by atoms with Crippen LogP contribution in [0.4, 0.5) is 10.3 Å². The number of halogens is 1. The lowest BCUT2D eigenvalue weighted by Gasteiger charge is -2.39. The number of nitrogens with zero attached hydrogens (tertiary/aromatic N) is 3. The number of ether oxygens (including phenoxy) is 1. The van der Waals surface area contributed by atoms with Gasteiger partial charge in [0.2, 0.25) is 5.95 Å². The molecule has 5 nitrogen and oxygen atoms in total. The summed E-state index contributed by atoms with van der Waals surface area (Å²) in [5.74, 6) is 1.18. The Morgan fingerprint density at radius 3 is 2.48 bits per heavy atom. The summed E-state index contributed by atoms with van der Waals surface area (Å²) in [5.41, 5.74) is 6.11. The Kier molecular flexibility index (Phi) is 3.93. The predicted molar refractivity (Wildman–Crippen MR) is 116 cm³/mol. The number of aryl methyl sites for hydroxylation is 1. The van der Waals surface area contributed by atoms with E-state index >= 15 is 0 Å². The quantitative estimate of drug-likeness (QED) is 0.488. The van der Waals surface area contributed by atoms with Crippen LogP contribution >= 0.6 is 0 Å². The Hall–Kier alpha value is -3.93. The Balaban J connectivity index is 1.62. The molecule has 0 saturated heterocycles. The summed E-state index contributed by atoms with van der Waals surface area (Å²) >= 11 is 0. The van der Waals surface area contributed by atoms with Crippen molar-refractivity contribution < 1.29 is 9.13 Å². The molecule has 0 fully saturated rings. The van der Waals surface area contributed by atoms with Crippen molar-refractivity contribution >= 4 is 11.6 Å². The smallest absolute Gasteiger partial charge is 0.226 e. The van der Waals surface area contributed by atoms with Crippen molar-refractivity contribution in [2.45, 2.75) is 19.1 Å². The standard InChI is InChI=1S/C25H19FN4O/c1-15-6-8-16(9-7-15)23-21-22(29-25-27-14-28-30(23)25)19-4-2-3-5-20(19)31-24(21)17-10-12-18(26)13-11-17/h2-14,23-24H,1H3,(H,27,28,29). The molecule has 1 aromatic heterocycles. The van der Waals surface area contributed by atoms with Crippen molar-refractivity contribution in [3.05, 3.63) is 113 Å². The van der Waals surface area contributed by atoms with Crippen molar-refractivity contribution in [1.82, 2.24) is 14.8 Å². The van der Waals surface area contributed by atoms with Crippen molar-refractivity contribution in [2.24, 2.45) is 0 Å². The van der Waals surface area contributed by atoms with Crippen LogP contribution in [-0.4, -0.2) is 14.8 Å². The van der Waals surface area contributed by atoms with E-state index in [0.29, 0.717) is 5.95 Å². The average Bonchev–Trinajstić information content (AvgIpc) is 3.27. The van der Waals surface area contributed by atoms with E-state index in [4.69, 9.17) is 4.74 Å². The van der Waals surface area contributed by atoms with E-state index in [2.05, 4.69) is 46.6 Å². The molecule has 31 heavy (non-hydrogen) atoms. The van der Waals surface area contributed by atoms with E-state index in [0.717, 1.165) is 33.7 Å². The van der Waals surface area contributed by atoms with Crippen molar-refractivity contribution in [2.75, 3.05) is 5.32 Å². The van der Waals surface area contributed by atoms with E-state index in [1.54, 1.807) is 18.5 Å². The zero-order valence-electron chi connectivity index (χ0n) is 16.8. The molecule has 0 aliphatic carbocycles. The summed E-state index contributed by atoms with van der Waals surface area (Å²) in [4.78, 5) is 4.44. The maximum absolute atomic E-state index is 13.7. The number of fused-ring (bicyclic) bond motifs is 3. The minimum Gasteiger partial charge on any atom is -0.480 e. The molecule has 0 bridgehead atoms. The van der Waals surface area contributed by atoms with E-state index in [1.807, 2.05) is 28.9 Å². The first-order chi connectivity index (χ1) is 15.2. The van der Waals surface area contributed by atoms with Crippen LogP contribution in [0.5, 0.6) is 5.75 Å². The maximum atomic E-state index is 13.7. The first-order valence-corrected chi connectivity index (χ1v) is 10.2. The van der Waals surface area contributed by atoms with Crippen LogP contribution in [0.1, 0.15) is 34.4 Å². The largest absolute Gasteiger partial charge is 0.480 e. The number of nitrogens with one attached hydrogen (secondary N) is 1. The Bertz CT molecular complexity index is 1310. The van der Waals surface area contributed by atoms with Gasteiger partial charge in [0.25, 0.3) is 0 Å². The second kappa shape index (κ2) is 6.80. The first kappa shape index (κ1) is 17.9. The van der Waals surface area contributed by atoms with Gasteiger partial charge in [-0.25, -0.2) is 9.07 Å². The third-order valence-corrected chi connectivity index (χ3v) is 5.89. The highest BCUT2D eigenvalue weighted by molar-refractivity contribution is 5.85. The molecule has 0 spiro atoms. The molecule has 2 aliphatic rings. The van der Waals surface area contributed by atoms with E-state index in [-0.39, 0.29) is 11.9 Å². The zero-order valence-corrected chi connectivity index (χ0v) is 16.8. The van der Waals surface area contributed by atoms with E-state index < -0.39 is 6.10 Å². The van der Waals surface area contributed by atoms with Crippen LogP contribution in [0.3, 0.4) is 0 Å². The van der Waals surface area contributed by atoms with Crippen molar-refractivity contribution in [3.8, 4) is 5.75 Å². The molecule has 0 saturated carbocycles. The fraction of sp³-hybridized carbons (Fsp3) is 0.120. The van der Waals surface area contributed by atoms with Gasteiger partial charge in [0.05, 0.1) is 5.70 Å². The molecule has 0 amide bonds. The van der Waals surface area contributed by atoms with Gasteiger partial charge in [-0.3, -0.25) is 0 Å². The lowest BCUT2D eigenvalue weighted by atomic mass is 9.84. The van der Waals surface area contributed by atoms with Gasteiger partial charge in [-0.2, -0.15) is 10.1 Å². The summed E-state index contributed by atoms with van der Waals surface area (Å²) in [6.07, 6.45) is 1.16. The molecule has 2 atom stereocenters. The van der Waals surface area contributed by atoms with Crippen molar-refractivity contribution in [3.63, 3.8) is 0 Å². The van der Waals surface area contributed by atoms with Gasteiger partial charge < -0.3 is 10.1 Å². The molecule has 1 N–H and O–H groups in total. The monoisotopic (exact) mass is 410 g/mol. The fourth-order valence-electron chi connectivity index (χ4n) is 4.40. The third kappa shape index (κ3) is 2.83. The van der Waals surface area contributed by atoms with Crippen LogP contribution in [0.25, 0.3) is 5.70 Å². The van der Waals surface area contributed by atoms with Crippen LogP contribution < -0.4 is 10.1 Å². The van der Waals surface area contributed by atoms with Gasteiger partial charge in [0.1, 0.15) is 30.0 Å². The van der Waals surface area contributed by atoms with Gasteiger partial charge in [-0.1, -0.05) is 54.1 Å². The van der Waals surface area contributed by atoms with Gasteiger partial charge in [-0.05, 0) is 42.3 Å². The number of benzene rings is 3. The van der Waals surface area contributed by atoms with Gasteiger partial charge in [0, 0.05) is 11.1 Å². The summed E-state index contributed by atoms with van der Waals surface area (Å²) in [6.45, 7) is 2.07. The topological polar surface area (TPSA) is 52.0 Å². The lowest BCUT2D eigenvalue weighted by Crippen LogP contribution is -2.32. The van der Waals surface area contributed by atoms with Gasteiger partial charge >= 0.3 is 0 Å². The molecule has 2 unspecified atom stereocenters. The van der Waals surface area contributed by atoms with E-state index in [1.165, 1.54) is 17.7 Å². The second-order valence-electron chi connectivity index (χ2n) is 7.84. The molecule has 6 heteroatoms. The molecule has 2 aliphatic heterocycles. The predicted octanol–water partition coefficient (Wildman–Crippen LogP) is 5.29. The number of rotatable bonds is 2. The zero-order chi connectivity index (χ0) is 20.9. The Morgan fingerprint density at radius 2 is 1.68 bits per heavy atom. The summed E-state index contributed by atoms with van der Waals surface area (Å²) < 4.78 is 22.1. The average molecular weight is 410 g/mol. The van der Waals surface area contributed by atoms with Crippen LogP contribution in [0, 0.1) is 12.7 Å². The molecular formula is C25H19FN4O. The Labute approximate surface area is 178 Å². The maximum Gasteiger partial charge on any atom is 0.226 e. The molecule has 6 rings (SSSR count). The highest BCUT2D eigenvalue weighted by Gasteiger charge is 2.40. The Morgan fingerprint density at radius 1 is 0.935 bits per heavy atom. The second-order valence-corrected chi connectivity index (χ2v) is 7.84. The molecule has 152 valence electrons. The number of anilines is 1. The summed E-state index contributed by atoms with van der Waals surface area (Å²) in [6, 6.07) is 22.6. The minimum atomic E-state index is -0.401. The molecule has 0 radical (unpaired) electrons. The minimum absolute atomic E-state index is 0.210. The molecule has 3 aromatic carbocycles. The highest BCUT2D eigenvalue weighted by atomic mass is 19.1. The SMILES string of the molecule is Cc1ccc(C2C3=C(Nc4ncnn42)c2ccccc2OC3c2ccc(F)cc2)cc1.